The number of halogens is 1. The van der Waals surface area contributed by atoms with Gasteiger partial charge in [-0.25, -0.2) is 4.98 Å². The SMILES string of the molecule is CSc1cc(Cl)c2nc(C)sc2c1. The van der Waals surface area contributed by atoms with Crippen molar-refractivity contribution in [2.45, 2.75) is 11.8 Å². The van der Waals surface area contributed by atoms with E-state index in [0.717, 1.165) is 15.5 Å². The number of aromatic nitrogens is 1. The molecule has 0 atom stereocenters. The van der Waals surface area contributed by atoms with Gasteiger partial charge >= 0.3 is 0 Å². The molecule has 1 aromatic heterocycles. The second kappa shape index (κ2) is 3.48. The predicted octanol–water partition coefficient (Wildman–Crippen LogP) is 3.98. The molecule has 4 heteroatoms. The van der Waals surface area contributed by atoms with Gasteiger partial charge in [0.1, 0.15) is 5.52 Å². The molecule has 0 saturated heterocycles. The number of hydrogen-bond donors (Lipinski definition) is 0. The highest BCUT2D eigenvalue weighted by atomic mass is 35.5. The summed E-state index contributed by atoms with van der Waals surface area (Å²) < 4.78 is 1.18. The molecule has 0 aliphatic heterocycles. The van der Waals surface area contributed by atoms with E-state index >= 15 is 0 Å². The lowest BCUT2D eigenvalue weighted by atomic mass is 10.3. The monoisotopic (exact) mass is 229 g/mol. The van der Waals surface area contributed by atoms with E-state index in [-0.39, 0.29) is 0 Å². The second-order valence-electron chi connectivity index (χ2n) is 2.69. The fraction of sp³-hybridized carbons (Fsp3) is 0.222. The molecule has 0 unspecified atom stereocenters. The molecule has 0 aliphatic carbocycles. The third-order valence-corrected chi connectivity index (χ3v) is 3.68. The van der Waals surface area contributed by atoms with Gasteiger partial charge in [0.15, 0.2) is 0 Å². The van der Waals surface area contributed by atoms with Crippen molar-refractivity contribution >= 4 is 44.9 Å². The summed E-state index contributed by atoms with van der Waals surface area (Å²) in [5, 5.41) is 1.82. The zero-order valence-electron chi connectivity index (χ0n) is 7.30. The van der Waals surface area contributed by atoms with Crippen molar-refractivity contribution < 1.29 is 0 Å². The van der Waals surface area contributed by atoms with Crippen LogP contribution in [-0.4, -0.2) is 11.2 Å². The van der Waals surface area contributed by atoms with Crippen molar-refractivity contribution in [1.82, 2.24) is 4.98 Å². The van der Waals surface area contributed by atoms with E-state index in [1.807, 2.05) is 19.2 Å². The molecule has 0 spiro atoms. The van der Waals surface area contributed by atoms with Gasteiger partial charge in [-0.05, 0) is 25.3 Å². The number of aryl methyl sites for hydroxylation is 1. The van der Waals surface area contributed by atoms with Crippen molar-refractivity contribution in [3.63, 3.8) is 0 Å². The summed E-state index contributed by atoms with van der Waals surface area (Å²) in [5.74, 6) is 0. The average Bonchev–Trinajstić information content (AvgIpc) is 2.46. The van der Waals surface area contributed by atoms with E-state index in [1.165, 1.54) is 9.60 Å². The van der Waals surface area contributed by atoms with Crippen molar-refractivity contribution in [3.8, 4) is 0 Å². The summed E-state index contributed by atoms with van der Waals surface area (Å²) in [5.41, 5.74) is 0.932. The molecule has 0 saturated carbocycles. The van der Waals surface area contributed by atoms with E-state index < -0.39 is 0 Å². The van der Waals surface area contributed by atoms with E-state index in [1.54, 1.807) is 23.1 Å². The van der Waals surface area contributed by atoms with Crippen LogP contribution < -0.4 is 0 Å². The Labute approximate surface area is 90.1 Å². The van der Waals surface area contributed by atoms with E-state index in [2.05, 4.69) is 11.1 Å². The molecule has 1 heterocycles. The first-order chi connectivity index (χ1) is 6.20. The van der Waals surface area contributed by atoms with Gasteiger partial charge in [0.2, 0.25) is 0 Å². The van der Waals surface area contributed by atoms with Crippen LogP contribution in [0.15, 0.2) is 17.0 Å². The lowest BCUT2D eigenvalue weighted by Gasteiger charge is -1.97. The Bertz CT molecular complexity index is 450. The van der Waals surface area contributed by atoms with Gasteiger partial charge in [0.25, 0.3) is 0 Å². The van der Waals surface area contributed by atoms with Crippen molar-refractivity contribution in [2.75, 3.05) is 6.26 Å². The minimum Gasteiger partial charge on any atom is -0.240 e. The van der Waals surface area contributed by atoms with Crippen LogP contribution in [0, 0.1) is 6.92 Å². The number of nitrogens with zero attached hydrogens (tertiary/aromatic N) is 1. The largest absolute Gasteiger partial charge is 0.240 e. The number of hydrogen-bond acceptors (Lipinski definition) is 3. The fourth-order valence-corrected chi connectivity index (χ4v) is 3.02. The maximum absolute atomic E-state index is 6.09. The average molecular weight is 230 g/mol. The Morgan fingerprint density at radius 1 is 1.46 bits per heavy atom. The molecule has 2 aromatic rings. The molecule has 0 radical (unpaired) electrons. The summed E-state index contributed by atoms with van der Waals surface area (Å²) in [4.78, 5) is 5.56. The minimum absolute atomic E-state index is 0.756. The Morgan fingerprint density at radius 3 is 2.92 bits per heavy atom. The van der Waals surface area contributed by atoms with Gasteiger partial charge in [-0.1, -0.05) is 11.6 Å². The van der Waals surface area contributed by atoms with Crippen LogP contribution in [-0.2, 0) is 0 Å². The Hall–Kier alpha value is -0.250. The van der Waals surface area contributed by atoms with Gasteiger partial charge in [-0.3, -0.25) is 0 Å². The number of thioether (sulfide) groups is 1. The topological polar surface area (TPSA) is 12.9 Å². The molecule has 0 aliphatic rings. The molecule has 0 N–H and O–H groups in total. The van der Waals surface area contributed by atoms with Crippen LogP contribution in [0.3, 0.4) is 0 Å². The third kappa shape index (κ3) is 1.68. The van der Waals surface area contributed by atoms with E-state index in [0.29, 0.717) is 0 Å². The van der Waals surface area contributed by atoms with Gasteiger partial charge in [0.05, 0.1) is 14.7 Å². The first-order valence-electron chi connectivity index (χ1n) is 3.81. The molecular formula is C9H8ClNS2. The molecular weight excluding hydrogens is 222 g/mol. The van der Waals surface area contributed by atoms with Crippen LogP contribution in [0.5, 0.6) is 0 Å². The quantitative estimate of drug-likeness (QED) is 0.686. The van der Waals surface area contributed by atoms with E-state index in [9.17, 15) is 0 Å². The predicted molar refractivity (Wildman–Crippen MR) is 61.1 cm³/mol. The molecule has 0 bridgehead atoms. The minimum atomic E-state index is 0.756. The second-order valence-corrected chi connectivity index (χ2v) is 5.21. The van der Waals surface area contributed by atoms with Crippen LogP contribution in [0.4, 0.5) is 0 Å². The van der Waals surface area contributed by atoms with Gasteiger partial charge < -0.3 is 0 Å². The zero-order chi connectivity index (χ0) is 9.42. The van der Waals surface area contributed by atoms with Crippen LogP contribution >= 0.6 is 34.7 Å². The Morgan fingerprint density at radius 2 is 2.23 bits per heavy atom. The molecule has 0 fully saturated rings. The zero-order valence-corrected chi connectivity index (χ0v) is 9.69. The summed E-state index contributed by atoms with van der Waals surface area (Å²) in [7, 11) is 0. The van der Waals surface area contributed by atoms with Crippen molar-refractivity contribution in [3.05, 3.63) is 22.2 Å². The van der Waals surface area contributed by atoms with Crippen molar-refractivity contribution in [2.24, 2.45) is 0 Å². The highest BCUT2D eigenvalue weighted by Crippen LogP contribution is 2.32. The first kappa shape index (κ1) is 9.31. The number of benzene rings is 1. The number of rotatable bonds is 1. The molecule has 1 aromatic carbocycles. The molecule has 1 nitrogen and oxygen atoms in total. The smallest absolute Gasteiger partial charge is 0.100 e. The summed E-state index contributed by atoms with van der Waals surface area (Å²) in [6.45, 7) is 2.00. The number of fused-ring (bicyclic) bond motifs is 1. The van der Waals surface area contributed by atoms with Crippen LogP contribution in [0.2, 0.25) is 5.02 Å². The lowest BCUT2D eigenvalue weighted by Crippen LogP contribution is -1.74. The molecule has 68 valence electrons. The van der Waals surface area contributed by atoms with Gasteiger partial charge in [0, 0.05) is 4.90 Å². The lowest BCUT2D eigenvalue weighted by molar-refractivity contribution is 1.34. The highest BCUT2D eigenvalue weighted by Gasteiger charge is 2.06. The summed E-state index contributed by atoms with van der Waals surface area (Å²) in [6, 6.07) is 4.10. The number of thiazole rings is 1. The van der Waals surface area contributed by atoms with E-state index in [4.69, 9.17) is 11.6 Å². The van der Waals surface area contributed by atoms with Gasteiger partial charge in [-0.2, -0.15) is 0 Å². The third-order valence-electron chi connectivity index (χ3n) is 1.76. The summed E-state index contributed by atoms with van der Waals surface area (Å²) >= 11 is 9.47. The summed E-state index contributed by atoms with van der Waals surface area (Å²) in [6.07, 6.45) is 2.05. The molecule has 2 rings (SSSR count). The first-order valence-corrected chi connectivity index (χ1v) is 6.23. The maximum atomic E-state index is 6.09. The van der Waals surface area contributed by atoms with Gasteiger partial charge in [-0.15, -0.1) is 23.1 Å². The van der Waals surface area contributed by atoms with Crippen LogP contribution in [0.25, 0.3) is 10.2 Å². The normalized spacial score (nSPS) is 11.0. The molecule has 13 heavy (non-hydrogen) atoms. The fourth-order valence-electron chi connectivity index (χ4n) is 1.19. The standard InChI is InChI=1S/C9H8ClNS2/c1-5-11-9-7(10)3-6(12-2)4-8(9)13-5/h3-4H,1-2H3. The maximum Gasteiger partial charge on any atom is 0.100 e. The van der Waals surface area contributed by atoms with Crippen molar-refractivity contribution in [1.29, 1.82) is 0 Å². The Kier molecular flexibility index (Phi) is 2.49. The molecule has 0 amide bonds. The Balaban J connectivity index is 2.75. The van der Waals surface area contributed by atoms with Crippen LogP contribution in [0.1, 0.15) is 5.01 Å². The highest BCUT2D eigenvalue weighted by molar-refractivity contribution is 7.98.